The van der Waals surface area contributed by atoms with Gasteiger partial charge in [0.1, 0.15) is 0 Å². The van der Waals surface area contributed by atoms with Crippen LogP contribution >= 0.6 is 0 Å². The number of amides is 1. The minimum atomic E-state index is -1.04. The number of hydrogen-bond acceptors (Lipinski definition) is 4. The smallest absolute Gasteiger partial charge is 0.328 e. The molecular weight excluding hydrogens is 270 g/mol. The van der Waals surface area contributed by atoms with E-state index in [0.29, 0.717) is 11.1 Å². The lowest BCUT2D eigenvalue weighted by molar-refractivity contribution is -0.131. The molecule has 2 rings (SSSR count). The van der Waals surface area contributed by atoms with Crippen LogP contribution in [-0.4, -0.2) is 27.0 Å². The van der Waals surface area contributed by atoms with Gasteiger partial charge in [-0.15, -0.1) is 0 Å². The average molecular weight is 283 g/mol. The fourth-order valence-electron chi connectivity index (χ4n) is 1.74. The maximum absolute atomic E-state index is 12.1. The molecule has 2 aromatic rings. The molecule has 0 atom stereocenters. The first-order valence-electron chi connectivity index (χ1n) is 6.15. The molecule has 1 aromatic carbocycles. The molecule has 1 amide bonds. The monoisotopic (exact) mass is 283 g/mol. The summed E-state index contributed by atoms with van der Waals surface area (Å²) in [5, 5.41) is 11.2. The molecule has 0 aliphatic carbocycles. The zero-order valence-corrected chi connectivity index (χ0v) is 11.3. The van der Waals surface area contributed by atoms with E-state index in [-0.39, 0.29) is 11.9 Å². The molecule has 21 heavy (non-hydrogen) atoms. The highest BCUT2D eigenvalue weighted by Crippen LogP contribution is 2.12. The summed E-state index contributed by atoms with van der Waals surface area (Å²) in [6.07, 6.45) is 5.52. The zero-order valence-electron chi connectivity index (χ0n) is 11.3. The normalized spacial score (nSPS) is 10.5. The highest BCUT2D eigenvalue weighted by molar-refractivity contribution is 6.03. The minimum absolute atomic E-state index is 0.214. The minimum Gasteiger partial charge on any atom is -0.478 e. The molecule has 0 unspecified atom stereocenters. The van der Waals surface area contributed by atoms with Crippen molar-refractivity contribution < 1.29 is 14.7 Å². The van der Waals surface area contributed by atoms with E-state index in [1.54, 1.807) is 24.3 Å². The number of nitrogens with zero attached hydrogens (tertiary/aromatic N) is 2. The summed E-state index contributed by atoms with van der Waals surface area (Å²) in [5.74, 6) is -1.18. The van der Waals surface area contributed by atoms with Crippen LogP contribution in [0.1, 0.15) is 21.5 Å². The number of carbonyl (C=O) groups is 2. The van der Waals surface area contributed by atoms with Gasteiger partial charge in [-0.2, -0.15) is 0 Å². The average Bonchev–Trinajstić information content (AvgIpc) is 2.45. The Kier molecular flexibility index (Phi) is 4.40. The molecule has 6 heteroatoms. The number of rotatable bonds is 4. The number of nitrogens with one attached hydrogen (secondary N) is 1. The van der Waals surface area contributed by atoms with Crippen molar-refractivity contribution in [3.63, 3.8) is 0 Å². The number of anilines is 1. The molecule has 0 aliphatic rings. The third kappa shape index (κ3) is 4.24. The molecule has 1 aromatic heterocycles. The lowest BCUT2D eigenvalue weighted by atomic mass is 10.1. The van der Waals surface area contributed by atoms with Crippen LogP contribution in [0.4, 0.5) is 5.95 Å². The third-order valence-electron chi connectivity index (χ3n) is 2.57. The highest BCUT2D eigenvalue weighted by Gasteiger charge is 2.08. The number of aromatic nitrogens is 2. The van der Waals surface area contributed by atoms with Gasteiger partial charge in [0.15, 0.2) is 0 Å². The van der Waals surface area contributed by atoms with Gasteiger partial charge in [0.05, 0.1) is 0 Å². The van der Waals surface area contributed by atoms with E-state index in [2.05, 4.69) is 15.3 Å². The van der Waals surface area contributed by atoms with E-state index >= 15 is 0 Å². The Hall–Kier alpha value is -3.02. The number of carboxylic acids is 1. The summed E-state index contributed by atoms with van der Waals surface area (Å²) in [6.45, 7) is 1.83. The molecule has 0 radical (unpaired) electrons. The molecule has 106 valence electrons. The summed E-state index contributed by atoms with van der Waals surface area (Å²) in [5.41, 5.74) is 1.89. The van der Waals surface area contributed by atoms with Crippen LogP contribution in [0.2, 0.25) is 0 Å². The predicted octanol–water partition coefficient (Wildman–Crippen LogP) is 2.14. The van der Waals surface area contributed by atoms with Gasteiger partial charge >= 0.3 is 5.97 Å². The van der Waals surface area contributed by atoms with Crippen molar-refractivity contribution in [3.05, 3.63) is 59.4 Å². The molecule has 6 nitrogen and oxygen atoms in total. The van der Waals surface area contributed by atoms with Crippen LogP contribution in [0.5, 0.6) is 0 Å². The van der Waals surface area contributed by atoms with Crippen molar-refractivity contribution in [1.29, 1.82) is 0 Å². The van der Waals surface area contributed by atoms with E-state index in [1.807, 2.05) is 6.92 Å². The second kappa shape index (κ2) is 6.42. The first kappa shape index (κ1) is 14.4. The van der Waals surface area contributed by atoms with E-state index in [9.17, 15) is 9.59 Å². The van der Waals surface area contributed by atoms with Gasteiger partial charge < -0.3 is 5.11 Å². The Bertz CT molecular complexity index is 697. The molecule has 0 aliphatic heterocycles. The molecular formula is C15H13N3O3. The fraction of sp³-hybridized carbons (Fsp3) is 0.0667. The van der Waals surface area contributed by atoms with Gasteiger partial charge in [0.25, 0.3) is 5.91 Å². The number of benzene rings is 1. The standard InChI is InChI=1S/C15H13N3O3/c1-10-7-11(3-4-13(19)20)9-12(8-10)14(21)18-15-16-5-2-6-17-15/h2-9H,1H3,(H,19,20)(H,16,17,18,21)/b4-3+. The lowest BCUT2D eigenvalue weighted by Gasteiger charge is -2.05. The Morgan fingerprint density at radius 3 is 2.57 bits per heavy atom. The van der Waals surface area contributed by atoms with Gasteiger partial charge in [-0.05, 0) is 42.3 Å². The van der Waals surface area contributed by atoms with Crippen molar-refractivity contribution in [2.45, 2.75) is 6.92 Å². The molecule has 0 fully saturated rings. The number of aliphatic carboxylic acids is 1. The van der Waals surface area contributed by atoms with Gasteiger partial charge in [-0.1, -0.05) is 6.07 Å². The third-order valence-corrected chi connectivity index (χ3v) is 2.57. The first-order chi connectivity index (χ1) is 10.0. The summed E-state index contributed by atoms with van der Waals surface area (Å²) < 4.78 is 0. The largest absolute Gasteiger partial charge is 0.478 e. The van der Waals surface area contributed by atoms with E-state index < -0.39 is 5.97 Å². The van der Waals surface area contributed by atoms with Crippen LogP contribution in [0.25, 0.3) is 6.08 Å². The van der Waals surface area contributed by atoms with E-state index in [4.69, 9.17) is 5.11 Å². The Morgan fingerprint density at radius 1 is 1.19 bits per heavy atom. The molecule has 0 saturated heterocycles. The number of carbonyl (C=O) groups excluding carboxylic acids is 1. The van der Waals surface area contributed by atoms with E-state index in [1.165, 1.54) is 18.5 Å². The van der Waals surface area contributed by atoms with Crippen LogP contribution in [0.15, 0.2) is 42.7 Å². The molecule has 0 saturated carbocycles. The fourth-order valence-corrected chi connectivity index (χ4v) is 1.74. The first-order valence-corrected chi connectivity index (χ1v) is 6.15. The second-order valence-corrected chi connectivity index (χ2v) is 4.33. The van der Waals surface area contributed by atoms with Crippen molar-refractivity contribution >= 4 is 23.9 Å². The van der Waals surface area contributed by atoms with Gasteiger partial charge in [-0.3, -0.25) is 10.1 Å². The molecule has 0 bridgehead atoms. The Morgan fingerprint density at radius 2 is 1.90 bits per heavy atom. The van der Waals surface area contributed by atoms with Crippen LogP contribution < -0.4 is 5.32 Å². The topological polar surface area (TPSA) is 92.2 Å². The summed E-state index contributed by atoms with van der Waals surface area (Å²) in [7, 11) is 0. The van der Waals surface area contributed by atoms with Gasteiger partial charge in [0, 0.05) is 24.0 Å². The van der Waals surface area contributed by atoms with Crippen molar-refractivity contribution in [3.8, 4) is 0 Å². The Balaban J connectivity index is 2.23. The van der Waals surface area contributed by atoms with Crippen molar-refractivity contribution in [2.24, 2.45) is 0 Å². The summed E-state index contributed by atoms with van der Waals surface area (Å²) in [4.78, 5) is 30.5. The highest BCUT2D eigenvalue weighted by atomic mass is 16.4. The summed E-state index contributed by atoms with van der Waals surface area (Å²) >= 11 is 0. The second-order valence-electron chi connectivity index (χ2n) is 4.33. The van der Waals surface area contributed by atoms with Crippen LogP contribution in [0.3, 0.4) is 0 Å². The number of aryl methyl sites for hydroxylation is 1. The Labute approximate surface area is 121 Å². The predicted molar refractivity (Wildman–Crippen MR) is 77.8 cm³/mol. The van der Waals surface area contributed by atoms with Gasteiger partial charge in [0.2, 0.25) is 5.95 Å². The van der Waals surface area contributed by atoms with E-state index in [0.717, 1.165) is 11.6 Å². The number of carboxylic acid groups (broad SMARTS) is 1. The van der Waals surface area contributed by atoms with Crippen LogP contribution in [-0.2, 0) is 4.79 Å². The quantitative estimate of drug-likeness (QED) is 0.839. The summed E-state index contributed by atoms with van der Waals surface area (Å²) in [6, 6.07) is 6.74. The number of hydrogen-bond donors (Lipinski definition) is 2. The van der Waals surface area contributed by atoms with Crippen molar-refractivity contribution in [2.75, 3.05) is 5.32 Å². The molecule has 0 spiro atoms. The van der Waals surface area contributed by atoms with Crippen molar-refractivity contribution in [1.82, 2.24) is 9.97 Å². The van der Waals surface area contributed by atoms with Gasteiger partial charge in [-0.25, -0.2) is 14.8 Å². The molecule has 1 heterocycles. The SMILES string of the molecule is Cc1cc(/C=C/C(=O)O)cc(C(=O)Nc2ncccn2)c1. The zero-order chi connectivity index (χ0) is 15.2. The lowest BCUT2D eigenvalue weighted by Crippen LogP contribution is -2.14. The molecule has 2 N–H and O–H groups in total. The maximum Gasteiger partial charge on any atom is 0.328 e. The maximum atomic E-state index is 12.1. The van der Waals surface area contributed by atoms with Crippen LogP contribution in [0, 0.1) is 6.92 Å².